The van der Waals surface area contributed by atoms with E-state index < -0.39 is 4.92 Å². The molecule has 2 aromatic rings. The van der Waals surface area contributed by atoms with Gasteiger partial charge in [0.05, 0.1) is 10.6 Å². The molecule has 0 aliphatic rings. The van der Waals surface area contributed by atoms with Gasteiger partial charge in [0.15, 0.2) is 0 Å². The summed E-state index contributed by atoms with van der Waals surface area (Å²) in [4.78, 5) is 14.2. The predicted octanol–water partition coefficient (Wildman–Crippen LogP) is 2.25. The van der Waals surface area contributed by atoms with E-state index in [1.165, 1.54) is 12.1 Å². The molecule has 1 heterocycles. The number of nitro benzene ring substituents is 1. The molecule has 1 aromatic carbocycles. The van der Waals surface area contributed by atoms with Crippen LogP contribution in [-0.2, 0) is 0 Å². The number of rotatable bonds is 2. The van der Waals surface area contributed by atoms with Crippen molar-refractivity contribution in [3.63, 3.8) is 0 Å². The number of non-ortho nitro benzene ring substituents is 1. The monoisotopic (exact) mass is 254 g/mol. The standard InChI is InChI=1S/C11H8N2O2.ClH.H2O/c14-13(15)10-6-4-9(5-7-10)11-3-1-2-8-12-11;;/h1-8H;1H;1H2. The maximum absolute atomic E-state index is 10.4. The van der Waals surface area contributed by atoms with Crippen LogP contribution in [0.25, 0.3) is 11.3 Å². The Bertz CT molecular complexity index is 474. The van der Waals surface area contributed by atoms with E-state index in [2.05, 4.69) is 4.98 Å². The zero-order chi connectivity index (χ0) is 10.7. The quantitative estimate of drug-likeness (QED) is 0.608. The van der Waals surface area contributed by atoms with E-state index in [0.717, 1.165) is 11.3 Å². The van der Waals surface area contributed by atoms with Gasteiger partial charge in [-0.1, -0.05) is 6.07 Å². The summed E-state index contributed by atoms with van der Waals surface area (Å²) in [6.45, 7) is 0. The number of nitrogens with zero attached hydrogens (tertiary/aromatic N) is 2. The highest BCUT2D eigenvalue weighted by Crippen LogP contribution is 2.19. The fraction of sp³-hybridized carbons (Fsp3) is 0. The van der Waals surface area contributed by atoms with E-state index in [1.807, 2.05) is 18.2 Å². The maximum Gasteiger partial charge on any atom is 0.269 e. The molecular weight excluding hydrogens is 244 g/mol. The first-order valence-corrected chi connectivity index (χ1v) is 4.43. The van der Waals surface area contributed by atoms with Crippen LogP contribution in [-0.4, -0.2) is 15.4 Å². The highest BCUT2D eigenvalue weighted by Gasteiger charge is 2.04. The lowest BCUT2D eigenvalue weighted by Crippen LogP contribution is -1.87. The second-order valence-electron chi connectivity index (χ2n) is 3.02. The minimum absolute atomic E-state index is 0. The molecule has 5 nitrogen and oxygen atoms in total. The van der Waals surface area contributed by atoms with E-state index in [-0.39, 0.29) is 23.6 Å². The van der Waals surface area contributed by atoms with Crippen molar-refractivity contribution in [1.82, 2.24) is 4.98 Å². The van der Waals surface area contributed by atoms with Crippen molar-refractivity contribution in [2.45, 2.75) is 0 Å². The lowest BCUT2D eigenvalue weighted by Gasteiger charge is -1.98. The van der Waals surface area contributed by atoms with Crippen molar-refractivity contribution in [2.24, 2.45) is 0 Å². The number of hydrogen-bond donors (Lipinski definition) is 0. The molecule has 0 spiro atoms. The molecule has 0 radical (unpaired) electrons. The molecule has 0 aliphatic carbocycles. The number of hydrogen-bond acceptors (Lipinski definition) is 3. The van der Waals surface area contributed by atoms with Gasteiger partial charge in [-0.15, -0.1) is 12.4 Å². The van der Waals surface area contributed by atoms with Crippen LogP contribution in [0, 0.1) is 10.1 Å². The zero-order valence-corrected chi connectivity index (χ0v) is 9.55. The predicted molar refractivity (Wildman–Crippen MR) is 67.2 cm³/mol. The Labute approximate surface area is 104 Å². The zero-order valence-electron chi connectivity index (χ0n) is 8.74. The van der Waals surface area contributed by atoms with Crippen molar-refractivity contribution in [2.75, 3.05) is 0 Å². The Hall–Kier alpha value is -1.98. The van der Waals surface area contributed by atoms with Crippen LogP contribution in [0.1, 0.15) is 0 Å². The first-order valence-electron chi connectivity index (χ1n) is 4.43. The third-order valence-corrected chi connectivity index (χ3v) is 2.04. The van der Waals surface area contributed by atoms with Gasteiger partial charge >= 0.3 is 0 Å². The highest BCUT2D eigenvalue weighted by atomic mass is 35.5. The number of pyridine rings is 1. The van der Waals surface area contributed by atoms with Crippen molar-refractivity contribution >= 4 is 18.1 Å². The molecule has 0 amide bonds. The average molecular weight is 255 g/mol. The average Bonchev–Trinajstić information content (AvgIpc) is 2.30. The molecule has 2 rings (SSSR count). The second-order valence-corrected chi connectivity index (χ2v) is 3.02. The normalized spacial score (nSPS) is 8.71. The van der Waals surface area contributed by atoms with E-state index in [4.69, 9.17) is 0 Å². The summed E-state index contributed by atoms with van der Waals surface area (Å²) in [5.74, 6) is 0. The van der Waals surface area contributed by atoms with Crippen molar-refractivity contribution in [3.8, 4) is 11.3 Å². The Kier molecular flexibility index (Phi) is 5.80. The van der Waals surface area contributed by atoms with Gasteiger partial charge in [-0.3, -0.25) is 15.1 Å². The fourth-order valence-electron chi connectivity index (χ4n) is 1.29. The van der Waals surface area contributed by atoms with Gasteiger partial charge in [-0.2, -0.15) is 0 Å². The van der Waals surface area contributed by atoms with Crippen molar-refractivity contribution in [1.29, 1.82) is 0 Å². The van der Waals surface area contributed by atoms with Crippen LogP contribution in [0.15, 0.2) is 48.7 Å². The van der Waals surface area contributed by atoms with Crippen LogP contribution in [0.3, 0.4) is 0 Å². The van der Waals surface area contributed by atoms with Crippen LogP contribution < -0.4 is 0 Å². The number of benzene rings is 1. The molecule has 0 saturated heterocycles. The highest BCUT2D eigenvalue weighted by molar-refractivity contribution is 5.85. The smallest absolute Gasteiger partial charge is 0.269 e. The van der Waals surface area contributed by atoms with E-state index in [1.54, 1.807) is 18.3 Å². The molecule has 1 aromatic heterocycles. The van der Waals surface area contributed by atoms with Gasteiger partial charge in [0.25, 0.3) is 5.69 Å². The van der Waals surface area contributed by atoms with E-state index in [9.17, 15) is 10.1 Å². The number of nitro groups is 1. The topological polar surface area (TPSA) is 87.5 Å². The summed E-state index contributed by atoms with van der Waals surface area (Å²) >= 11 is 0. The Morgan fingerprint density at radius 2 is 1.71 bits per heavy atom. The van der Waals surface area contributed by atoms with Gasteiger partial charge in [-0.25, -0.2) is 0 Å². The molecule has 0 saturated carbocycles. The molecular formula is C11H11ClN2O3. The molecule has 17 heavy (non-hydrogen) atoms. The van der Waals surface area contributed by atoms with Crippen molar-refractivity contribution < 1.29 is 10.4 Å². The van der Waals surface area contributed by atoms with Gasteiger partial charge in [0.1, 0.15) is 0 Å². The van der Waals surface area contributed by atoms with Crippen LogP contribution in [0.2, 0.25) is 0 Å². The van der Waals surface area contributed by atoms with Gasteiger partial charge in [0.2, 0.25) is 0 Å². The van der Waals surface area contributed by atoms with Crippen LogP contribution >= 0.6 is 12.4 Å². The van der Waals surface area contributed by atoms with Crippen LogP contribution in [0.4, 0.5) is 5.69 Å². The fourth-order valence-corrected chi connectivity index (χ4v) is 1.29. The number of aromatic nitrogens is 1. The Balaban J connectivity index is 0.00000128. The minimum atomic E-state index is -0.414. The first kappa shape index (κ1) is 15.0. The molecule has 0 bridgehead atoms. The van der Waals surface area contributed by atoms with Crippen molar-refractivity contribution in [3.05, 3.63) is 58.8 Å². The van der Waals surface area contributed by atoms with Gasteiger partial charge in [-0.05, 0) is 24.3 Å². The SMILES string of the molecule is Cl.O.O=[N+]([O-])c1ccc(-c2ccccn2)cc1. The molecule has 90 valence electrons. The molecule has 2 N–H and O–H groups in total. The summed E-state index contributed by atoms with van der Waals surface area (Å²) in [7, 11) is 0. The largest absolute Gasteiger partial charge is 0.412 e. The molecule has 0 aliphatic heterocycles. The minimum Gasteiger partial charge on any atom is -0.412 e. The summed E-state index contributed by atoms with van der Waals surface area (Å²) in [6, 6.07) is 11.9. The van der Waals surface area contributed by atoms with Crippen LogP contribution in [0.5, 0.6) is 0 Å². The second kappa shape index (κ2) is 6.57. The Morgan fingerprint density at radius 3 is 2.18 bits per heavy atom. The van der Waals surface area contributed by atoms with Gasteiger partial charge in [0, 0.05) is 23.9 Å². The summed E-state index contributed by atoms with van der Waals surface area (Å²) in [6.07, 6.45) is 1.69. The first-order chi connectivity index (χ1) is 7.27. The molecule has 0 atom stereocenters. The molecule has 6 heteroatoms. The maximum atomic E-state index is 10.4. The summed E-state index contributed by atoms with van der Waals surface area (Å²) < 4.78 is 0. The molecule has 0 unspecified atom stereocenters. The Morgan fingerprint density at radius 1 is 1.06 bits per heavy atom. The van der Waals surface area contributed by atoms with Gasteiger partial charge < -0.3 is 5.48 Å². The number of halogens is 1. The summed E-state index contributed by atoms with van der Waals surface area (Å²) in [5, 5.41) is 10.4. The van der Waals surface area contributed by atoms with E-state index in [0.29, 0.717) is 0 Å². The lowest BCUT2D eigenvalue weighted by molar-refractivity contribution is -0.384. The van der Waals surface area contributed by atoms with E-state index >= 15 is 0 Å². The lowest BCUT2D eigenvalue weighted by atomic mass is 10.1. The molecule has 0 fully saturated rings. The third-order valence-electron chi connectivity index (χ3n) is 2.04. The summed E-state index contributed by atoms with van der Waals surface area (Å²) in [5.41, 5.74) is 1.78. The third kappa shape index (κ3) is 3.51.